The highest BCUT2D eigenvalue weighted by Gasteiger charge is 2.18. The van der Waals surface area contributed by atoms with Crippen LogP contribution in [0.2, 0.25) is 0 Å². The standard InChI is InChI=1S/C13H15N5O/c1-2-5-15-11(3-1)17-12-4-6-16-13(18-12)10-9-19-8-7-14-10/h1-6,10,14H,7-9H2,(H,15,16,17,18). The maximum absolute atomic E-state index is 5.42. The molecule has 0 saturated carbocycles. The second kappa shape index (κ2) is 5.73. The van der Waals surface area contributed by atoms with Crippen molar-refractivity contribution in [1.29, 1.82) is 0 Å². The Hall–Kier alpha value is -2.05. The fourth-order valence-electron chi connectivity index (χ4n) is 1.91. The maximum atomic E-state index is 5.42. The Bertz CT molecular complexity index is 528. The SMILES string of the molecule is c1ccc(Nc2ccnc(C3COCCN3)n2)nc1. The fourth-order valence-corrected chi connectivity index (χ4v) is 1.91. The van der Waals surface area contributed by atoms with E-state index in [1.807, 2.05) is 24.3 Å². The molecular formula is C13H15N5O. The van der Waals surface area contributed by atoms with E-state index in [2.05, 4.69) is 25.6 Å². The van der Waals surface area contributed by atoms with E-state index in [1.54, 1.807) is 12.4 Å². The van der Waals surface area contributed by atoms with Gasteiger partial charge < -0.3 is 15.4 Å². The van der Waals surface area contributed by atoms with Crippen molar-refractivity contribution in [3.8, 4) is 0 Å². The van der Waals surface area contributed by atoms with E-state index in [0.29, 0.717) is 6.61 Å². The smallest absolute Gasteiger partial charge is 0.149 e. The van der Waals surface area contributed by atoms with Crippen LogP contribution in [0.4, 0.5) is 11.6 Å². The molecule has 0 aliphatic carbocycles. The highest BCUT2D eigenvalue weighted by atomic mass is 16.5. The first-order valence-electron chi connectivity index (χ1n) is 6.24. The zero-order valence-corrected chi connectivity index (χ0v) is 10.4. The summed E-state index contributed by atoms with van der Waals surface area (Å²) >= 11 is 0. The van der Waals surface area contributed by atoms with Gasteiger partial charge in [0.15, 0.2) is 0 Å². The molecule has 3 rings (SSSR count). The monoisotopic (exact) mass is 257 g/mol. The van der Waals surface area contributed by atoms with Crippen molar-refractivity contribution >= 4 is 11.6 Å². The first-order valence-corrected chi connectivity index (χ1v) is 6.24. The summed E-state index contributed by atoms with van der Waals surface area (Å²) in [6, 6.07) is 7.57. The Labute approximate surface area is 111 Å². The molecule has 3 heterocycles. The number of rotatable bonds is 3. The van der Waals surface area contributed by atoms with E-state index in [4.69, 9.17) is 4.74 Å². The molecule has 0 spiro atoms. The lowest BCUT2D eigenvalue weighted by Gasteiger charge is -2.22. The van der Waals surface area contributed by atoms with Crippen LogP contribution in [0.3, 0.4) is 0 Å². The quantitative estimate of drug-likeness (QED) is 0.863. The third-order valence-corrected chi connectivity index (χ3v) is 2.83. The van der Waals surface area contributed by atoms with E-state index >= 15 is 0 Å². The minimum Gasteiger partial charge on any atom is -0.378 e. The summed E-state index contributed by atoms with van der Waals surface area (Å²) in [4.78, 5) is 13.0. The number of hydrogen-bond acceptors (Lipinski definition) is 6. The molecule has 98 valence electrons. The van der Waals surface area contributed by atoms with Gasteiger partial charge in [-0.15, -0.1) is 0 Å². The molecule has 0 aromatic carbocycles. The van der Waals surface area contributed by atoms with Crippen LogP contribution < -0.4 is 10.6 Å². The molecule has 2 N–H and O–H groups in total. The topological polar surface area (TPSA) is 72.0 Å². The lowest BCUT2D eigenvalue weighted by Crippen LogP contribution is -2.35. The molecule has 1 aliphatic heterocycles. The van der Waals surface area contributed by atoms with Gasteiger partial charge in [-0.3, -0.25) is 0 Å². The largest absolute Gasteiger partial charge is 0.378 e. The van der Waals surface area contributed by atoms with Crippen LogP contribution in [-0.2, 0) is 4.74 Å². The van der Waals surface area contributed by atoms with E-state index < -0.39 is 0 Å². The van der Waals surface area contributed by atoms with Gasteiger partial charge in [-0.25, -0.2) is 15.0 Å². The lowest BCUT2D eigenvalue weighted by molar-refractivity contribution is 0.0742. The van der Waals surface area contributed by atoms with Gasteiger partial charge in [-0.05, 0) is 18.2 Å². The Balaban J connectivity index is 1.76. The van der Waals surface area contributed by atoms with Gasteiger partial charge >= 0.3 is 0 Å². The van der Waals surface area contributed by atoms with Crippen LogP contribution in [0, 0.1) is 0 Å². The minimum atomic E-state index is 0.0548. The molecule has 1 saturated heterocycles. The van der Waals surface area contributed by atoms with Crippen LogP contribution in [0.5, 0.6) is 0 Å². The summed E-state index contributed by atoms with van der Waals surface area (Å²) < 4.78 is 5.42. The molecular weight excluding hydrogens is 242 g/mol. The van der Waals surface area contributed by atoms with Crippen LogP contribution >= 0.6 is 0 Å². The molecule has 0 amide bonds. The van der Waals surface area contributed by atoms with Gasteiger partial charge in [0.2, 0.25) is 0 Å². The number of morpholine rings is 1. The zero-order valence-electron chi connectivity index (χ0n) is 10.4. The van der Waals surface area contributed by atoms with Gasteiger partial charge in [0, 0.05) is 18.9 Å². The Morgan fingerprint density at radius 1 is 1.16 bits per heavy atom. The molecule has 1 fully saturated rings. The van der Waals surface area contributed by atoms with Crippen molar-refractivity contribution in [3.05, 3.63) is 42.5 Å². The van der Waals surface area contributed by atoms with Crippen molar-refractivity contribution in [1.82, 2.24) is 20.3 Å². The highest BCUT2D eigenvalue weighted by molar-refractivity contribution is 5.50. The molecule has 6 nitrogen and oxygen atoms in total. The van der Waals surface area contributed by atoms with Gasteiger partial charge in [-0.2, -0.15) is 0 Å². The second-order valence-corrected chi connectivity index (χ2v) is 4.22. The molecule has 0 radical (unpaired) electrons. The average Bonchev–Trinajstić information content (AvgIpc) is 2.49. The maximum Gasteiger partial charge on any atom is 0.149 e. The van der Waals surface area contributed by atoms with Gasteiger partial charge in [0.25, 0.3) is 0 Å². The van der Waals surface area contributed by atoms with Crippen molar-refractivity contribution in [2.24, 2.45) is 0 Å². The van der Waals surface area contributed by atoms with E-state index in [1.165, 1.54) is 0 Å². The zero-order chi connectivity index (χ0) is 12.9. The summed E-state index contributed by atoms with van der Waals surface area (Å²) in [6.07, 6.45) is 3.48. The van der Waals surface area contributed by atoms with Crippen LogP contribution in [-0.4, -0.2) is 34.7 Å². The molecule has 1 unspecified atom stereocenters. The van der Waals surface area contributed by atoms with Crippen LogP contribution in [0.15, 0.2) is 36.7 Å². The molecule has 0 bridgehead atoms. The summed E-state index contributed by atoms with van der Waals surface area (Å²) in [5.74, 6) is 2.23. The molecule has 6 heteroatoms. The normalized spacial score (nSPS) is 19.1. The molecule has 1 atom stereocenters. The summed E-state index contributed by atoms with van der Waals surface area (Å²) in [5.41, 5.74) is 0. The number of nitrogens with one attached hydrogen (secondary N) is 2. The van der Waals surface area contributed by atoms with E-state index in [-0.39, 0.29) is 6.04 Å². The first kappa shape index (κ1) is 12.0. The van der Waals surface area contributed by atoms with Crippen molar-refractivity contribution in [2.75, 3.05) is 25.1 Å². The molecule has 19 heavy (non-hydrogen) atoms. The summed E-state index contributed by atoms with van der Waals surface area (Å²) in [5, 5.41) is 6.49. The van der Waals surface area contributed by atoms with Crippen molar-refractivity contribution in [3.63, 3.8) is 0 Å². The Morgan fingerprint density at radius 3 is 2.95 bits per heavy atom. The summed E-state index contributed by atoms with van der Waals surface area (Å²) in [7, 11) is 0. The highest BCUT2D eigenvalue weighted by Crippen LogP contribution is 2.15. The molecule has 2 aromatic rings. The Kier molecular flexibility index (Phi) is 3.62. The number of ether oxygens (including phenoxy) is 1. The molecule has 1 aliphatic rings. The predicted octanol–water partition coefficient (Wildman–Crippen LogP) is 1.28. The number of anilines is 2. The van der Waals surface area contributed by atoms with Gasteiger partial charge in [-0.1, -0.05) is 6.07 Å². The predicted molar refractivity (Wildman–Crippen MR) is 71.1 cm³/mol. The van der Waals surface area contributed by atoms with Crippen molar-refractivity contribution in [2.45, 2.75) is 6.04 Å². The third kappa shape index (κ3) is 3.04. The van der Waals surface area contributed by atoms with E-state index in [0.717, 1.165) is 30.6 Å². The van der Waals surface area contributed by atoms with Gasteiger partial charge in [0.05, 0.1) is 19.3 Å². The summed E-state index contributed by atoms with van der Waals surface area (Å²) in [6.45, 7) is 2.17. The molecule has 2 aromatic heterocycles. The Morgan fingerprint density at radius 2 is 2.16 bits per heavy atom. The average molecular weight is 257 g/mol. The third-order valence-electron chi connectivity index (χ3n) is 2.83. The van der Waals surface area contributed by atoms with Gasteiger partial charge in [0.1, 0.15) is 17.5 Å². The lowest BCUT2D eigenvalue weighted by atomic mass is 10.2. The number of pyridine rings is 1. The number of aromatic nitrogens is 3. The van der Waals surface area contributed by atoms with Crippen LogP contribution in [0.25, 0.3) is 0 Å². The van der Waals surface area contributed by atoms with Crippen LogP contribution in [0.1, 0.15) is 11.9 Å². The van der Waals surface area contributed by atoms with E-state index in [9.17, 15) is 0 Å². The first-order chi connectivity index (χ1) is 9.42. The number of nitrogens with zero attached hydrogens (tertiary/aromatic N) is 3. The fraction of sp³-hybridized carbons (Fsp3) is 0.308. The second-order valence-electron chi connectivity index (χ2n) is 4.22. The van der Waals surface area contributed by atoms with Crippen molar-refractivity contribution < 1.29 is 4.74 Å². The number of hydrogen-bond donors (Lipinski definition) is 2. The minimum absolute atomic E-state index is 0.0548.